The fraction of sp³-hybridized carbons (Fsp3) is 0.852. The molecule has 1 aliphatic rings. The van der Waals surface area contributed by atoms with Gasteiger partial charge >= 0.3 is 0 Å². The normalized spacial score (nSPS) is 15.4. The molecule has 0 bridgehead atoms. The molecule has 1 aliphatic heterocycles. The molecule has 0 aromatic heterocycles. The summed E-state index contributed by atoms with van der Waals surface area (Å²) in [6.07, 6.45) is 1.01. The number of carbonyl (C=O) groups excluding carboxylic acids is 4. The molecule has 1 heterocycles. The first-order valence-electron chi connectivity index (χ1n) is 13.3. The first-order chi connectivity index (χ1) is 17.0. The van der Waals surface area contributed by atoms with Crippen LogP contribution in [-0.4, -0.2) is 79.2 Å². The Balaban J connectivity index is 0. The van der Waals surface area contributed by atoms with Crippen LogP contribution >= 0.6 is 35.3 Å². The predicted octanol–water partition coefficient (Wildman–Crippen LogP) is 5.36. The first-order valence-corrected chi connectivity index (χ1v) is 16.3. The van der Waals surface area contributed by atoms with Crippen LogP contribution < -0.4 is 10.6 Å². The Morgan fingerprint density at radius 1 is 0.784 bits per heavy atom. The molecule has 7 nitrogen and oxygen atoms in total. The number of hydrogen-bond acceptors (Lipinski definition) is 7. The number of nitrogens with one attached hydrogen (secondary N) is 2. The van der Waals surface area contributed by atoms with E-state index >= 15 is 0 Å². The van der Waals surface area contributed by atoms with Gasteiger partial charge in [-0.2, -0.15) is 11.8 Å². The summed E-state index contributed by atoms with van der Waals surface area (Å²) in [5.41, 5.74) is 0. The second kappa shape index (κ2) is 21.0. The maximum absolute atomic E-state index is 11.8. The number of amides is 4. The van der Waals surface area contributed by atoms with E-state index in [1.807, 2.05) is 67.2 Å². The van der Waals surface area contributed by atoms with Gasteiger partial charge in [-0.25, -0.2) is 0 Å². The van der Waals surface area contributed by atoms with E-state index in [-0.39, 0.29) is 47.0 Å². The van der Waals surface area contributed by atoms with Crippen LogP contribution in [0, 0.1) is 0 Å². The topological polar surface area (TPSA) is 95.6 Å². The van der Waals surface area contributed by atoms with Crippen LogP contribution in [0.5, 0.6) is 0 Å². The number of nitrogens with zero attached hydrogens (tertiary/aromatic N) is 1. The number of rotatable bonds is 12. The third-order valence-corrected chi connectivity index (χ3v) is 7.76. The van der Waals surface area contributed by atoms with E-state index in [1.54, 1.807) is 23.5 Å². The average molecular weight is 580 g/mol. The summed E-state index contributed by atoms with van der Waals surface area (Å²) in [4.78, 5) is 46.8. The number of likely N-dealkylation sites (tertiary alicyclic amines) is 1. The zero-order valence-electron chi connectivity index (χ0n) is 25.2. The van der Waals surface area contributed by atoms with Crippen LogP contribution in [0.25, 0.3) is 0 Å². The molecule has 0 aromatic carbocycles. The number of imide groups is 1. The lowest BCUT2D eigenvalue weighted by Crippen LogP contribution is -2.37. The summed E-state index contributed by atoms with van der Waals surface area (Å²) < 4.78 is 0. The van der Waals surface area contributed by atoms with Crippen molar-refractivity contribution < 1.29 is 19.2 Å². The van der Waals surface area contributed by atoms with E-state index in [4.69, 9.17) is 0 Å². The zero-order chi connectivity index (χ0) is 29.3. The van der Waals surface area contributed by atoms with Gasteiger partial charge in [0, 0.05) is 36.7 Å². The highest BCUT2D eigenvalue weighted by Gasteiger charge is 2.40. The molecule has 0 radical (unpaired) electrons. The molecular formula is C27H53N3O4S3. The minimum absolute atomic E-state index is 0.00670. The van der Waals surface area contributed by atoms with Gasteiger partial charge in [0.05, 0.1) is 11.0 Å². The molecule has 0 aliphatic carbocycles. The molecule has 2 N–H and O–H groups in total. The molecule has 1 saturated heterocycles. The maximum atomic E-state index is 11.8. The van der Waals surface area contributed by atoms with Gasteiger partial charge in [-0.15, -0.1) is 23.5 Å². The third kappa shape index (κ3) is 21.7. The van der Waals surface area contributed by atoms with Crippen molar-refractivity contribution in [3.05, 3.63) is 0 Å². The van der Waals surface area contributed by atoms with Crippen molar-refractivity contribution in [3.63, 3.8) is 0 Å². The predicted molar refractivity (Wildman–Crippen MR) is 164 cm³/mol. The largest absolute Gasteiger partial charge is 0.354 e. The summed E-state index contributed by atoms with van der Waals surface area (Å²) in [7, 11) is 0. The quantitative estimate of drug-likeness (QED) is 0.301. The Bertz CT molecular complexity index is 684. The van der Waals surface area contributed by atoms with E-state index in [0.29, 0.717) is 34.3 Å². The van der Waals surface area contributed by atoms with Crippen LogP contribution in [0.2, 0.25) is 0 Å². The summed E-state index contributed by atoms with van der Waals surface area (Å²) in [5.74, 6) is 1.77. The Labute approximate surface area is 239 Å². The Morgan fingerprint density at radius 3 is 1.65 bits per heavy atom. The highest BCUT2D eigenvalue weighted by atomic mass is 32.2. The Hall–Kier alpha value is -0.870. The lowest BCUT2D eigenvalue weighted by molar-refractivity contribution is -0.140. The molecular weight excluding hydrogens is 527 g/mol. The smallest absolute Gasteiger partial charge is 0.243 e. The van der Waals surface area contributed by atoms with Gasteiger partial charge in [-0.3, -0.25) is 24.1 Å². The fourth-order valence-corrected chi connectivity index (χ4v) is 5.46. The highest BCUT2D eigenvalue weighted by molar-refractivity contribution is 8.01. The van der Waals surface area contributed by atoms with E-state index in [2.05, 4.69) is 38.3 Å². The van der Waals surface area contributed by atoms with Gasteiger partial charge in [0.2, 0.25) is 23.6 Å². The SMILES string of the molecule is CC(C)NC(=O)CCSC(C)C.CC(C)NC(=O)CSC(C)C.CC(C)SC1CC(=O)N(C(C)C)C1=O. The zero-order valence-corrected chi connectivity index (χ0v) is 27.6. The standard InChI is InChI=1S/C10H17NO2S.C9H19NOS.C8H17NOS/c1-6(2)11-9(12)5-8(10(11)13)14-7(3)4;1-7(2)10-9(11)5-6-12-8(3)4;1-6(2)9-8(10)5-11-7(3)4/h6-8H,5H2,1-4H3;7-8H,5-6H2,1-4H3,(H,10,11);6-7H,5H2,1-4H3,(H,9,10). The fourth-order valence-electron chi connectivity index (χ4n) is 2.99. The molecule has 0 spiro atoms. The molecule has 0 aromatic rings. The second-order valence-electron chi connectivity index (χ2n) is 10.5. The monoisotopic (exact) mass is 579 g/mol. The van der Waals surface area contributed by atoms with Gasteiger partial charge in [0.25, 0.3) is 0 Å². The molecule has 1 unspecified atom stereocenters. The average Bonchev–Trinajstić information content (AvgIpc) is 2.98. The van der Waals surface area contributed by atoms with Gasteiger partial charge in [-0.05, 0) is 57.3 Å². The maximum Gasteiger partial charge on any atom is 0.243 e. The summed E-state index contributed by atoms with van der Waals surface area (Å²) in [6.45, 7) is 24.2. The molecule has 1 atom stereocenters. The van der Waals surface area contributed by atoms with E-state index in [0.717, 1.165) is 5.75 Å². The van der Waals surface area contributed by atoms with Gasteiger partial charge in [0.1, 0.15) is 0 Å². The van der Waals surface area contributed by atoms with Crippen molar-refractivity contribution in [2.24, 2.45) is 0 Å². The Morgan fingerprint density at radius 2 is 1.27 bits per heavy atom. The van der Waals surface area contributed by atoms with E-state index in [9.17, 15) is 19.2 Å². The number of hydrogen-bond donors (Lipinski definition) is 2. The minimum Gasteiger partial charge on any atom is -0.354 e. The van der Waals surface area contributed by atoms with Crippen molar-refractivity contribution in [1.82, 2.24) is 15.5 Å². The molecule has 37 heavy (non-hydrogen) atoms. The lowest BCUT2D eigenvalue weighted by atomic mass is 10.3. The van der Waals surface area contributed by atoms with Crippen molar-refractivity contribution in [3.8, 4) is 0 Å². The lowest BCUT2D eigenvalue weighted by Gasteiger charge is -2.19. The molecule has 218 valence electrons. The van der Waals surface area contributed by atoms with Crippen LogP contribution in [0.3, 0.4) is 0 Å². The van der Waals surface area contributed by atoms with Crippen LogP contribution in [-0.2, 0) is 19.2 Å². The number of carbonyl (C=O) groups is 4. The molecule has 4 amide bonds. The summed E-state index contributed by atoms with van der Waals surface area (Å²) in [5, 5.41) is 7.10. The first kappa shape index (κ1) is 38.3. The van der Waals surface area contributed by atoms with Crippen molar-refractivity contribution in [2.45, 2.75) is 135 Å². The molecule has 0 saturated carbocycles. The van der Waals surface area contributed by atoms with Crippen LogP contribution in [0.1, 0.15) is 95.9 Å². The van der Waals surface area contributed by atoms with Crippen LogP contribution in [0.15, 0.2) is 0 Å². The number of thioether (sulfide) groups is 3. The molecule has 10 heteroatoms. The van der Waals surface area contributed by atoms with Crippen molar-refractivity contribution in [2.75, 3.05) is 11.5 Å². The van der Waals surface area contributed by atoms with Crippen LogP contribution in [0.4, 0.5) is 0 Å². The van der Waals surface area contributed by atoms with Gasteiger partial charge in [-0.1, -0.05) is 41.5 Å². The van der Waals surface area contributed by atoms with E-state index in [1.165, 1.54) is 4.90 Å². The van der Waals surface area contributed by atoms with Gasteiger partial charge < -0.3 is 10.6 Å². The Kier molecular flexibility index (Phi) is 21.7. The van der Waals surface area contributed by atoms with E-state index < -0.39 is 0 Å². The summed E-state index contributed by atoms with van der Waals surface area (Å²) in [6, 6.07) is 0.518. The van der Waals surface area contributed by atoms with Crippen molar-refractivity contribution in [1.29, 1.82) is 0 Å². The molecule has 1 fully saturated rings. The van der Waals surface area contributed by atoms with Crippen molar-refractivity contribution >= 4 is 58.9 Å². The second-order valence-corrected chi connectivity index (χ2v) is 15.6. The summed E-state index contributed by atoms with van der Waals surface area (Å²) >= 11 is 5.08. The minimum atomic E-state index is -0.148. The molecule has 1 rings (SSSR count). The van der Waals surface area contributed by atoms with Gasteiger partial charge in [0.15, 0.2) is 0 Å². The third-order valence-electron chi connectivity index (χ3n) is 4.32. The highest BCUT2D eigenvalue weighted by Crippen LogP contribution is 2.29.